The number of pyridine rings is 1. The molecule has 1 aromatic carbocycles. The van der Waals surface area contributed by atoms with E-state index in [0.717, 1.165) is 34.3 Å². The van der Waals surface area contributed by atoms with E-state index in [1.165, 1.54) is 0 Å². The summed E-state index contributed by atoms with van der Waals surface area (Å²) in [6.45, 7) is 6.21. The monoisotopic (exact) mass is 498 g/mol. The van der Waals surface area contributed by atoms with Crippen molar-refractivity contribution in [1.82, 2.24) is 24.6 Å². The lowest BCUT2D eigenvalue weighted by Crippen LogP contribution is -2.39. The van der Waals surface area contributed by atoms with Gasteiger partial charge >= 0.3 is 6.03 Å². The van der Waals surface area contributed by atoms with E-state index in [1.54, 1.807) is 41.0 Å². The van der Waals surface area contributed by atoms with Gasteiger partial charge in [-0.1, -0.05) is 17.7 Å². The minimum atomic E-state index is -0.183. The zero-order valence-electron chi connectivity index (χ0n) is 20.6. The number of carbonyl (C=O) groups excluding carboxylic acids is 2. The molecule has 10 heteroatoms. The first-order valence-corrected chi connectivity index (χ1v) is 12.1. The maximum absolute atomic E-state index is 13.1. The number of halogens is 1. The molecule has 186 valence electrons. The van der Waals surface area contributed by atoms with Gasteiger partial charge < -0.3 is 19.9 Å². The number of hydrogen-bond acceptors (Lipinski definition) is 5. The molecule has 4 rings (SSSR count). The van der Waals surface area contributed by atoms with Crippen LogP contribution in [0.5, 0.6) is 5.88 Å². The van der Waals surface area contributed by atoms with Crippen molar-refractivity contribution in [3.8, 4) is 5.88 Å². The highest BCUT2D eigenvalue weighted by molar-refractivity contribution is 6.30. The Kier molecular flexibility index (Phi) is 7.45. The average molecular weight is 499 g/mol. The summed E-state index contributed by atoms with van der Waals surface area (Å²) in [5.41, 5.74) is 4.42. The van der Waals surface area contributed by atoms with E-state index in [0.29, 0.717) is 55.6 Å². The summed E-state index contributed by atoms with van der Waals surface area (Å²) >= 11 is 6.01. The minimum absolute atomic E-state index is 0.0825. The van der Waals surface area contributed by atoms with E-state index < -0.39 is 0 Å². The number of aryl methyl sites for hydroxylation is 3. The highest BCUT2D eigenvalue weighted by Crippen LogP contribution is 2.30. The second-order valence-corrected chi connectivity index (χ2v) is 9.23. The lowest BCUT2D eigenvalue weighted by Gasteiger charge is -2.23. The van der Waals surface area contributed by atoms with Gasteiger partial charge in [0.25, 0.3) is 0 Å². The van der Waals surface area contributed by atoms with Crippen molar-refractivity contribution >= 4 is 40.3 Å². The average Bonchev–Trinajstić information content (AvgIpc) is 2.98. The Hall–Kier alpha value is -3.33. The molecule has 0 atom stereocenters. The molecule has 1 aliphatic heterocycles. The van der Waals surface area contributed by atoms with Gasteiger partial charge in [-0.25, -0.2) is 14.5 Å². The van der Waals surface area contributed by atoms with Gasteiger partial charge in [0.05, 0.1) is 12.5 Å². The molecule has 2 aromatic heterocycles. The molecule has 0 spiro atoms. The lowest BCUT2D eigenvalue weighted by atomic mass is 10.00. The summed E-state index contributed by atoms with van der Waals surface area (Å²) in [4.78, 5) is 34.1. The number of nitrogens with zero attached hydrogens (tertiary/aromatic N) is 5. The predicted molar refractivity (Wildman–Crippen MR) is 136 cm³/mol. The van der Waals surface area contributed by atoms with Gasteiger partial charge in [0.15, 0.2) is 5.65 Å². The summed E-state index contributed by atoms with van der Waals surface area (Å²) in [5, 5.41) is 8.73. The molecule has 3 heterocycles. The number of benzene rings is 1. The van der Waals surface area contributed by atoms with Crippen LogP contribution in [0.15, 0.2) is 24.3 Å². The molecule has 0 aliphatic carbocycles. The predicted octanol–water partition coefficient (Wildman–Crippen LogP) is 3.95. The summed E-state index contributed by atoms with van der Waals surface area (Å²) in [6, 6.07) is 6.88. The SMILES string of the molecule is COc1nn(C)c2nc(C)c(CCC(=O)N3CCCN(C(=O)Nc4cccc(Cl)c4)CC3)c(C)c12. The van der Waals surface area contributed by atoms with Crippen LogP contribution in [0, 0.1) is 13.8 Å². The quantitative estimate of drug-likeness (QED) is 0.575. The molecule has 0 unspecified atom stereocenters. The smallest absolute Gasteiger partial charge is 0.321 e. The second kappa shape index (κ2) is 10.5. The minimum Gasteiger partial charge on any atom is -0.479 e. The van der Waals surface area contributed by atoms with E-state index >= 15 is 0 Å². The number of amides is 3. The van der Waals surface area contributed by atoms with Gasteiger partial charge in [0.1, 0.15) is 0 Å². The number of carbonyl (C=O) groups is 2. The number of urea groups is 1. The fourth-order valence-corrected chi connectivity index (χ4v) is 4.83. The highest BCUT2D eigenvalue weighted by Gasteiger charge is 2.23. The normalized spacial score (nSPS) is 14.2. The highest BCUT2D eigenvalue weighted by atomic mass is 35.5. The van der Waals surface area contributed by atoms with Crippen molar-refractivity contribution < 1.29 is 14.3 Å². The molecule has 0 saturated carbocycles. The third-order valence-electron chi connectivity index (χ3n) is 6.52. The first kappa shape index (κ1) is 24.8. The molecule has 1 aliphatic rings. The third-order valence-corrected chi connectivity index (χ3v) is 6.75. The van der Waals surface area contributed by atoms with Crippen molar-refractivity contribution in [2.24, 2.45) is 7.05 Å². The Labute approximate surface area is 210 Å². The van der Waals surface area contributed by atoms with E-state index in [9.17, 15) is 9.59 Å². The van der Waals surface area contributed by atoms with Crippen molar-refractivity contribution in [3.63, 3.8) is 0 Å². The first-order valence-electron chi connectivity index (χ1n) is 11.7. The number of rotatable bonds is 5. The molecule has 35 heavy (non-hydrogen) atoms. The number of aromatic nitrogens is 3. The van der Waals surface area contributed by atoms with Gasteiger partial charge in [-0.15, -0.1) is 5.10 Å². The Balaban J connectivity index is 1.38. The van der Waals surface area contributed by atoms with Gasteiger partial charge in [0, 0.05) is 56.1 Å². The topological polar surface area (TPSA) is 92.6 Å². The van der Waals surface area contributed by atoms with Crippen LogP contribution in [0.1, 0.15) is 29.7 Å². The molecule has 0 bridgehead atoms. The molecular weight excluding hydrogens is 468 g/mol. The number of methoxy groups -OCH3 is 1. The van der Waals surface area contributed by atoms with Crippen LogP contribution in [0.2, 0.25) is 5.02 Å². The number of hydrogen-bond donors (Lipinski definition) is 1. The fourth-order valence-electron chi connectivity index (χ4n) is 4.64. The molecular formula is C25H31ClN6O3. The van der Waals surface area contributed by atoms with Crippen molar-refractivity contribution in [2.75, 3.05) is 38.6 Å². The Morgan fingerprint density at radius 2 is 1.89 bits per heavy atom. The van der Waals surface area contributed by atoms with Gasteiger partial charge in [0.2, 0.25) is 11.8 Å². The summed E-state index contributed by atoms with van der Waals surface area (Å²) in [7, 11) is 3.44. The molecule has 1 N–H and O–H groups in total. The number of nitrogens with one attached hydrogen (secondary N) is 1. The van der Waals surface area contributed by atoms with E-state index in [-0.39, 0.29) is 11.9 Å². The van der Waals surface area contributed by atoms with Crippen molar-refractivity contribution in [2.45, 2.75) is 33.1 Å². The van der Waals surface area contributed by atoms with E-state index in [4.69, 9.17) is 21.3 Å². The van der Waals surface area contributed by atoms with Crippen LogP contribution >= 0.6 is 11.6 Å². The van der Waals surface area contributed by atoms with Crippen LogP contribution in [0.3, 0.4) is 0 Å². The van der Waals surface area contributed by atoms with Crippen molar-refractivity contribution in [1.29, 1.82) is 0 Å². The van der Waals surface area contributed by atoms with Gasteiger partial charge in [-0.05, 0) is 56.0 Å². The summed E-state index contributed by atoms with van der Waals surface area (Å²) in [5.74, 6) is 0.628. The molecule has 1 saturated heterocycles. The zero-order valence-corrected chi connectivity index (χ0v) is 21.4. The fraction of sp³-hybridized carbons (Fsp3) is 0.440. The van der Waals surface area contributed by atoms with Gasteiger partial charge in [-0.2, -0.15) is 0 Å². The Bertz CT molecular complexity index is 1260. The van der Waals surface area contributed by atoms with Crippen LogP contribution in [-0.2, 0) is 18.3 Å². The lowest BCUT2D eigenvalue weighted by molar-refractivity contribution is -0.131. The molecule has 1 fully saturated rings. The zero-order chi connectivity index (χ0) is 25.1. The number of anilines is 1. The van der Waals surface area contributed by atoms with Crippen LogP contribution in [0.25, 0.3) is 11.0 Å². The molecule has 9 nitrogen and oxygen atoms in total. The maximum Gasteiger partial charge on any atom is 0.321 e. The van der Waals surface area contributed by atoms with E-state index in [2.05, 4.69) is 10.4 Å². The van der Waals surface area contributed by atoms with E-state index in [1.807, 2.05) is 25.8 Å². The second-order valence-electron chi connectivity index (χ2n) is 8.79. The maximum atomic E-state index is 13.1. The van der Waals surface area contributed by atoms with Crippen molar-refractivity contribution in [3.05, 3.63) is 46.1 Å². The van der Waals surface area contributed by atoms with Gasteiger partial charge in [-0.3, -0.25) is 4.79 Å². The van der Waals surface area contributed by atoms with Crippen LogP contribution in [0.4, 0.5) is 10.5 Å². The number of ether oxygens (including phenoxy) is 1. The standard InChI is InChI=1S/C25H31ClN6O3/c1-16-20(17(2)27-23-22(16)24(35-4)29-30(23)3)9-10-21(33)31-11-6-12-32(14-13-31)25(34)28-19-8-5-7-18(26)15-19/h5,7-8,15H,6,9-14H2,1-4H3,(H,28,34). The first-order chi connectivity index (χ1) is 16.8. The summed E-state index contributed by atoms with van der Waals surface area (Å²) < 4.78 is 7.16. The summed E-state index contributed by atoms with van der Waals surface area (Å²) in [6.07, 6.45) is 1.70. The number of fused-ring (bicyclic) bond motifs is 1. The van der Waals surface area contributed by atoms with Crippen LogP contribution in [-0.4, -0.2) is 69.8 Å². The molecule has 3 amide bonds. The Morgan fingerprint density at radius 1 is 1.14 bits per heavy atom. The Morgan fingerprint density at radius 3 is 2.63 bits per heavy atom. The molecule has 0 radical (unpaired) electrons. The van der Waals surface area contributed by atoms with Crippen LogP contribution < -0.4 is 10.1 Å². The largest absolute Gasteiger partial charge is 0.479 e. The third kappa shape index (κ3) is 5.35. The molecule has 3 aromatic rings.